The number of methoxy groups -OCH3 is 1. The SMILES string of the molecule is COc1cccc(CN(C(=O)C2=C(c3ccc(OCCOc4cc(F)ccc4Cl)cc3)CC3CN(C(C)=O)CC2N3)C2CC2)c1. The molecule has 2 heterocycles. The molecule has 8 nitrogen and oxygen atoms in total. The van der Waals surface area contributed by atoms with Crippen molar-refractivity contribution in [3.8, 4) is 17.2 Å². The molecule has 10 heteroatoms. The zero-order chi connectivity index (χ0) is 31.5. The van der Waals surface area contributed by atoms with Crippen molar-refractivity contribution in [1.82, 2.24) is 15.1 Å². The van der Waals surface area contributed by atoms with Gasteiger partial charge in [0.1, 0.15) is 36.3 Å². The average molecular weight is 634 g/mol. The summed E-state index contributed by atoms with van der Waals surface area (Å²) in [5.41, 5.74) is 3.70. The second-order valence-corrected chi connectivity index (χ2v) is 12.2. The highest BCUT2D eigenvalue weighted by Crippen LogP contribution is 2.38. The summed E-state index contributed by atoms with van der Waals surface area (Å²) in [5.74, 6) is 1.28. The van der Waals surface area contributed by atoms with Crippen LogP contribution in [0.3, 0.4) is 0 Å². The lowest BCUT2D eigenvalue weighted by atomic mass is 9.82. The summed E-state index contributed by atoms with van der Waals surface area (Å²) < 4.78 is 30.4. The molecule has 2 fully saturated rings. The van der Waals surface area contributed by atoms with Gasteiger partial charge in [0, 0.05) is 50.3 Å². The minimum atomic E-state index is -0.422. The Kier molecular flexibility index (Phi) is 9.28. The first-order valence-corrected chi connectivity index (χ1v) is 15.7. The van der Waals surface area contributed by atoms with Crippen LogP contribution in [0.2, 0.25) is 5.02 Å². The van der Waals surface area contributed by atoms with Crippen LogP contribution in [0.5, 0.6) is 17.2 Å². The molecule has 3 aliphatic rings. The number of carbonyl (C=O) groups is 2. The normalized spacial score (nSPS) is 19.2. The van der Waals surface area contributed by atoms with E-state index < -0.39 is 5.82 Å². The number of amides is 2. The molecule has 3 aromatic rings. The van der Waals surface area contributed by atoms with Crippen LogP contribution < -0.4 is 19.5 Å². The number of hydrogen-bond donors (Lipinski definition) is 1. The summed E-state index contributed by atoms with van der Waals surface area (Å²) in [6.07, 6.45) is 2.57. The van der Waals surface area contributed by atoms with Crippen LogP contribution >= 0.6 is 11.6 Å². The molecule has 1 N–H and O–H groups in total. The lowest BCUT2D eigenvalue weighted by molar-refractivity contribution is -0.132. The van der Waals surface area contributed by atoms with Gasteiger partial charge in [0.2, 0.25) is 5.91 Å². The van der Waals surface area contributed by atoms with E-state index in [0.717, 1.165) is 40.9 Å². The van der Waals surface area contributed by atoms with E-state index in [-0.39, 0.29) is 48.9 Å². The Bertz CT molecular complexity index is 1590. The number of rotatable bonds is 11. The number of halogens is 2. The van der Waals surface area contributed by atoms with Gasteiger partial charge in [-0.1, -0.05) is 35.9 Å². The van der Waals surface area contributed by atoms with Crippen molar-refractivity contribution in [1.29, 1.82) is 0 Å². The highest BCUT2D eigenvalue weighted by molar-refractivity contribution is 6.32. The number of hydrogen-bond acceptors (Lipinski definition) is 6. The molecule has 236 valence electrons. The van der Waals surface area contributed by atoms with Crippen molar-refractivity contribution < 1.29 is 28.2 Å². The van der Waals surface area contributed by atoms with Gasteiger partial charge in [-0.2, -0.15) is 0 Å². The number of carbonyl (C=O) groups excluding carboxylic acids is 2. The van der Waals surface area contributed by atoms with Gasteiger partial charge in [-0.15, -0.1) is 0 Å². The van der Waals surface area contributed by atoms with Crippen LogP contribution in [0.1, 0.15) is 37.3 Å². The molecule has 0 aromatic heterocycles. The molecule has 6 rings (SSSR count). The Morgan fingerprint density at radius 3 is 2.51 bits per heavy atom. The second-order valence-electron chi connectivity index (χ2n) is 11.7. The van der Waals surface area contributed by atoms with Crippen LogP contribution in [0.25, 0.3) is 5.57 Å². The smallest absolute Gasteiger partial charge is 0.252 e. The highest BCUT2D eigenvalue weighted by Gasteiger charge is 2.43. The number of fused-ring (bicyclic) bond motifs is 2. The summed E-state index contributed by atoms with van der Waals surface area (Å²) in [4.78, 5) is 30.8. The molecular formula is C35H37ClFN3O5. The van der Waals surface area contributed by atoms with Crippen LogP contribution in [0.4, 0.5) is 4.39 Å². The molecule has 3 aromatic carbocycles. The zero-order valence-corrected chi connectivity index (χ0v) is 26.2. The number of ether oxygens (including phenoxy) is 3. The Hall–Kier alpha value is -4.08. The predicted molar refractivity (Wildman–Crippen MR) is 170 cm³/mol. The van der Waals surface area contributed by atoms with E-state index in [1.165, 1.54) is 18.2 Å². The minimum absolute atomic E-state index is 0.00477. The van der Waals surface area contributed by atoms with Gasteiger partial charge in [-0.25, -0.2) is 4.39 Å². The van der Waals surface area contributed by atoms with Gasteiger partial charge < -0.3 is 29.3 Å². The average Bonchev–Trinajstić information content (AvgIpc) is 3.89. The molecule has 2 bridgehead atoms. The molecule has 0 radical (unpaired) electrons. The van der Waals surface area contributed by atoms with Gasteiger partial charge >= 0.3 is 0 Å². The fourth-order valence-corrected chi connectivity index (χ4v) is 6.32. The standard InChI is InChI=1S/C35H37ClFN3O5/c1-22(41)39-20-26-18-30(24-6-11-28(12-7-24)44-14-15-45-33-17-25(37)8-13-31(33)36)34(32(21-39)38-26)35(42)40(27-9-10-27)19-23-4-3-5-29(16-23)43-2/h3-8,11-13,16-17,26-27,32,38H,9-10,14-15,18-21H2,1-2H3. The minimum Gasteiger partial charge on any atom is -0.497 e. The van der Waals surface area contributed by atoms with Gasteiger partial charge in [0.15, 0.2) is 0 Å². The molecule has 2 amide bonds. The Morgan fingerprint density at radius 2 is 1.78 bits per heavy atom. The number of piperazine rings is 1. The Labute approximate surface area is 267 Å². The van der Waals surface area contributed by atoms with Crippen molar-refractivity contribution in [3.05, 3.63) is 94.3 Å². The summed E-state index contributed by atoms with van der Waals surface area (Å²) in [6, 6.07) is 19.5. The fourth-order valence-electron chi connectivity index (χ4n) is 6.15. The van der Waals surface area contributed by atoms with Crippen LogP contribution in [0.15, 0.2) is 72.3 Å². The van der Waals surface area contributed by atoms with Crippen molar-refractivity contribution >= 4 is 29.0 Å². The number of benzene rings is 3. The summed E-state index contributed by atoms with van der Waals surface area (Å²) in [5, 5.41) is 3.98. The quantitative estimate of drug-likeness (QED) is 0.282. The second kappa shape index (κ2) is 13.5. The molecule has 1 saturated heterocycles. The lowest BCUT2D eigenvalue weighted by Gasteiger charge is -2.44. The molecule has 45 heavy (non-hydrogen) atoms. The first-order valence-electron chi connectivity index (χ1n) is 15.3. The first-order chi connectivity index (χ1) is 21.8. The van der Waals surface area contributed by atoms with Gasteiger partial charge in [-0.05, 0) is 72.4 Å². The monoisotopic (exact) mass is 633 g/mol. The summed E-state index contributed by atoms with van der Waals surface area (Å²) in [6.45, 7) is 3.56. The molecule has 2 aliphatic heterocycles. The van der Waals surface area contributed by atoms with Crippen LogP contribution in [0, 0.1) is 5.82 Å². The maximum atomic E-state index is 14.5. The molecule has 2 unspecified atom stereocenters. The van der Waals surface area contributed by atoms with Crippen LogP contribution in [-0.4, -0.2) is 73.2 Å². The molecule has 0 spiro atoms. The summed E-state index contributed by atoms with van der Waals surface area (Å²) >= 11 is 6.08. The van der Waals surface area contributed by atoms with E-state index in [2.05, 4.69) is 5.32 Å². The Morgan fingerprint density at radius 1 is 1.00 bits per heavy atom. The number of nitrogens with zero attached hydrogens (tertiary/aromatic N) is 2. The molecular weight excluding hydrogens is 597 g/mol. The zero-order valence-electron chi connectivity index (χ0n) is 25.4. The predicted octanol–water partition coefficient (Wildman–Crippen LogP) is 5.48. The van der Waals surface area contributed by atoms with Crippen molar-refractivity contribution in [3.63, 3.8) is 0 Å². The topological polar surface area (TPSA) is 80.3 Å². The Balaban J connectivity index is 1.23. The lowest BCUT2D eigenvalue weighted by Crippen LogP contribution is -2.61. The molecule has 1 saturated carbocycles. The third kappa shape index (κ3) is 7.26. The van der Waals surface area contributed by atoms with Gasteiger partial charge in [0.25, 0.3) is 5.91 Å². The molecule has 2 atom stereocenters. The number of nitrogens with one attached hydrogen (secondary N) is 1. The van der Waals surface area contributed by atoms with E-state index in [9.17, 15) is 14.0 Å². The third-order valence-electron chi connectivity index (χ3n) is 8.52. The van der Waals surface area contributed by atoms with Crippen molar-refractivity contribution in [2.45, 2.75) is 50.9 Å². The highest BCUT2D eigenvalue weighted by atomic mass is 35.5. The van der Waals surface area contributed by atoms with E-state index in [1.54, 1.807) is 14.0 Å². The molecule has 1 aliphatic carbocycles. The van der Waals surface area contributed by atoms with Gasteiger partial charge in [0.05, 0.1) is 18.2 Å². The van der Waals surface area contributed by atoms with E-state index in [0.29, 0.717) is 36.8 Å². The summed E-state index contributed by atoms with van der Waals surface area (Å²) in [7, 11) is 1.64. The van der Waals surface area contributed by atoms with E-state index >= 15 is 0 Å². The van der Waals surface area contributed by atoms with Crippen molar-refractivity contribution in [2.24, 2.45) is 0 Å². The van der Waals surface area contributed by atoms with Crippen molar-refractivity contribution in [2.75, 3.05) is 33.4 Å². The third-order valence-corrected chi connectivity index (χ3v) is 8.83. The van der Waals surface area contributed by atoms with Gasteiger partial charge in [-0.3, -0.25) is 9.59 Å². The van der Waals surface area contributed by atoms with Crippen LogP contribution in [-0.2, 0) is 16.1 Å². The van der Waals surface area contributed by atoms with E-state index in [4.69, 9.17) is 25.8 Å². The maximum absolute atomic E-state index is 14.5. The first kappa shape index (κ1) is 30.9. The van der Waals surface area contributed by atoms with E-state index in [1.807, 2.05) is 58.3 Å². The largest absolute Gasteiger partial charge is 0.497 e. The maximum Gasteiger partial charge on any atom is 0.252 e. The fraction of sp³-hybridized carbons (Fsp3) is 0.371.